The highest BCUT2D eigenvalue weighted by Gasteiger charge is 2.09. The van der Waals surface area contributed by atoms with Crippen molar-refractivity contribution in [1.82, 2.24) is 15.3 Å². The molecule has 6 nitrogen and oxygen atoms in total. The van der Waals surface area contributed by atoms with Crippen LogP contribution in [0, 0.1) is 0 Å². The average molecular weight is 596 g/mol. The van der Waals surface area contributed by atoms with E-state index in [1.807, 2.05) is 0 Å². The first-order valence-electron chi connectivity index (χ1n) is 17.7. The lowest BCUT2D eigenvalue weighted by Crippen LogP contribution is -2.43. The van der Waals surface area contributed by atoms with Crippen LogP contribution in [-0.4, -0.2) is 76.0 Å². The van der Waals surface area contributed by atoms with Crippen molar-refractivity contribution in [1.29, 1.82) is 0 Å². The third-order valence-electron chi connectivity index (χ3n) is 7.37. The van der Waals surface area contributed by atoms with Crippen molar-refractivity contribution in [2.45, 2.75) is 142 Å². The van der Waals surface area contributed by atoms with Crippen molar-refractivity contribution in [2.24, 2.45) is 0 Å². The van der Waals surface area contributed by atoms with Crippen molar-refractivity contribution in [3.8, 4) is 0 Å². The number of unbranched alkanes of at least 4 members (excludes halogenated alkanes) is 12. The van der Waals surface area contributed by atoms with Crippen LogP contribution in [0.4, 0.5) is 0 Å². The molecule has 0 atom stereocenters. The highest BCUT2D eigenvalue weighted by Crippen LogP contribution is 2.07. The Morgan fingerprint density at radius 2 is 1.05 bits per heavy atom. The molecule has 0 unspecified atom stereocenters. The lowest BCUT2D eigenvalue weighted by Gasteiger charge is -2.23. The van der Waals surface area contributed by atoms with Crippen molar-refractivity contribution < 1.29 is 15.7 Å². The SMILES string of the molecule is CCCCC/C=C\CCOCCCCCCN(CCCCCCOCC/C=C\CCCCC)NC(=O)CCCN(C)C.[HH]. The zero-order chi connectivity index (χ0) is 30.8. The third-order valence-corrected chi connectivity index (χ3v) is 7.37. The summed E-state index contributed by atoms with van der Waals surface area (Å²) >= 11 is 0. The van der Waals surface area contributed by atoms with Gasteiger partial charge in [0.25, 0.3) is 0 Å². The highest BCUT2D eigenvalue weighted by molar-refractivity contribution is 5.75. The van der Waals surface area contributed by atoms with Crippen LogP contribution in [-0.2, 0) is 14.3 Å². The maximum atomic E-state index is 12.5. The van der Waals surface area contributed by atoms with Gasteiger partial charge in [-0.1, -0.05) is 89.5 Å². The number of nitrogens with zero attached hydrogens (tertiary/aromatic N) is 2. The first-order chi connectivity index (χ1) is 20.6. The summed E-state index contributed by atoms with van der Waals surface area (Å²) in [4.78, 5) is 14.7. The number of hydrogen-bond acceptors (Lipinski definition) is 5. The normalized spacial score (nSPS) is 12.0. The molecule has 0 radical (unpaired) electrons. The fraction of sp³-hybridized carbons (Fsp3) is 0.861. The van der Waals surface area contributed by atoms with E-state index in [4.69, 9.17) is 9.47 Å². The van der Waals surface area contributed by atoms with Crippen molar-refractivity contribution in [3.05, 3.63) is 24.3 Å². The van der Waals surface area contributed by atoms with E-state index in [0.29, 0.717) is 6.42 Å². The van der Waals surface area contributed by atoms with Crippen LogP contribution in [0.15, 0.2) is 24.3 Å². The number of carbonyl (C=O) groups is 1. The van der Waals surface area contributed by atoms with Gasteiger partial charge in [0.1, 0.15) is 0 Å². The first kappa shape index (κ1) is 40.8. The molecule has 0 aromatic rings. The standard InChI is InChI=1S/C36H71N3O3.H2/c1-5-7-9-11-13-17-23-32-41-34-25-19-15-21-30-39(37-36(40)28-27-29-38(3)4)31-22-16-20-26-35-42-33-24-18-14-12-10-8-6-2;/h13-14,17-18H,5-12,15-16,19-35H2,1-4H3,(H,37,40);1H/b17-13-,18-14-;. The molecule has 1 amide bonds. The Bertz CT molecular complexity index is 579. The number of ether oxygens (including phenoxy) is 2. The van der Waals surface area contributed by atoms with Gasteiger partial charge in [-0.05, 0) is 91.3 Å². The molecule has 0 saturated carbocycles. The van der Waals surface area contributed by atoms with Gasteiger partial charge in [-0.15, -0.1) is 0 Å². The van der Waals surface area contributed by atoms with Gasteiger partial charge in [0.2, 0.25) is 5.91 Å². The van der Waals surface area contributed by atoms with Crippen LogP contribution in [0.3, 0.4) is 0 Å². The molecule has 0 aliphatic rings. The van der Waals surface area contributed by atoms with Crippen LogP contribution in [0.25, 0.3) is 0 Å². The van der Waals surface area contributed by atoms with E-state index in [0.717, 1.165) is 91.0 Å². The van der Waals surface area contributed by atoms with E-state index < -0.39 is 0 Å². The molecule has 0 aliphatic carbocycles. The largest absolute Gasteiger partial charge is 0.381 e. The van der Waals surface area contributed by atoms with Gasteiger partial charge >= 0.3 is 0 Å². The number of nitrogens with one attached hydrogen (secondary N) is 1. The molecule has 42 heavy (non-hydrogen) atoms. The number of allylic oxidation sites excluding steroid dienone is 2. The molecule has 0 fully saturated rings. The van der Waals surface area contributed by atoms with Crippen LogP contribution >= 0.6 is 0 Å². The van der Waals surface area contributed by atoms with Crippen molar-refractivity contribution in [3.63, 3.8) is 0 Å². The summed E-state index contributed by atoms with van der Waals surface area (Å²) < 4.78 is 11.6. The Kier molecular flexibility index (Phi) is 33.3. The van der Waals surface area contributed by atoms with Crippen LogP contribution in [0.2, 0.25) is 0 Å². The number of hydrogen-bond donors (Lipinski definition) is 1. The molecule has 0 heterocycles. The molecular formula is C36H73N3O3. The molecule has 6 heteroatoms. The summed E-state index contributed by atoms with van der Waals surface area (Å²) in [6, 6.07) is 0. The number of hydrazine groups is 1. The smallest absolute Gasteiger partial charge is 0.234 e. The van der Waals surface area contributed by atoms with E-state index >= 15 is 0 Å². The Morgan fingerprint density at radius 1 is 0.571 bits per heavy atom. The molecule has 0 spiro atoms. The topological polar surface area (TPSA) is 54.0 Å². The molecule has 0 aliphatic heterocycles. The monoisotopic (exact) mass is 596 g/mol. The zero-order valence-corrected chi connectivity index (χ0v) is 28.5. The summed E-state index contributed by atoms with van der Waals surface area (Å²) in [5, 5.41) is 2.17. The predicted octanol–water partition coefficient (Wildman–Crippen LogP) is 9.11. The van der Waals surface area contributed by atoms with Crippen LogP contribution < -0.4 is 5.43 Å². The van der Waals surface area contributed by atoms with Crippen LogP contribution in [0.1, 0.15) is 144 Å². The van der Waals surface area contributed by atoms with Gasteiger partial charge < -0.3 is 14.4 Å². The van der Waals surface area contributed by atoms with E-state index in [1.54, 1.807) is 0 Å². The molecule has 0 rings (SSSR count). The zero-order valence-electron chi connectivity index (χ0n) is 28.5. The summed E-state index contributed by atoms with van der Waals surface area (Å²) in [7, 11) is 4.11. The maximum Gasteiger partial charge on any atom is 0.234 e. The predicted molar refractivity (Wildman–Crippen MR) is 184 cm³/mol. The summed E-state index contributed by atoms with van der Waals surface area (Å²) in [6.45, 7) is 10.7. The Labute approximate surface area is 263 Å². The second kappa shape index (κ2) is 34.3. The fourth-order valence-electron chi connectivity index (χ4n) is 4.74. The second-order valence-corrected chi connectivity index (χ2v) is 12.0. The average Bonchev–Trinajstić information content (AvgIpc) is 2.97. The van der Waals surface area contributed by atoms with E-state index in [2.05, 4.69) is 67.6 Å². The molecule has 0 saturated heterocycles. The minimum Gasteiger partial charge on any atom is -0.381 e. The Hall–Kier alpha value is -1.21. The van der Waals surface area contributed by atoms with Gasteiger partial charge in [0, 0.05) is 34.2 Å². The van der Waals surface area contributed by atoms with Crippen molar-refractivity contribution >= 4 is 5.91 Å². The summed E-state index contributed by atoms with van der Waals surface area (Å²) in [5.74, 6) is 0.150. The number of amides is 1. The Morgan fingerprint density at radius 3 is 1.52 bits per heavy atom. The minimum absolute atomic E-state index is 0. The van der Waals surface area contributed by atoms with Gasteiger partial charge in [-0.2, -0.15) is 0 Å². The molecular weight excluding hydrogens is 522 g/mol. The second-order valence-electron chi connectivity index (χ2n) is 12.0. The maximum absolute atomic E-state index is 12.5. The lowest BCUT2D eigenvalue weighted by atomic mass is 10.2. The van der Waals surface area contributed by atoms with Gasteiger partial charge in [0.05, 0.1) is 13.2 Å². The summed E-state index contributed by atoms with van der Waals surface area (Å²) in [6.07, 6.45) is 32.1. The molecule has 0 aromatic carbocycles. The molecule has 250 valence electrons. The fourth-order valence-corrected chi connectivity index (χ4v) is 4.74. The lowest BCUT2D eigenvalue weighted by molar-refractivity contribution is -0.126. The molecule has 0 aromatic heterocycles. The quantitative estimate of drug-likeness (QED) is 0.0466. The van der Waals surface area contributed by atoms with Crippen LogP contribution in [0.5, 0.6) is 0 Å². The van der Waals surface area contributed by atoms with Gasteiger partial charge in [0.15, 0.2) is 0 Å². The van der Waals surface area contributed by atoms with E-state index in [-0.39, 0.29) is 7.33 Å². The number of carbonyl (C=O) groups excluding carboxylic acids is 1. The third kappa shape index (κ3) is 33.3. The molecule has 1 N–H and O–H groups in total. The minimum atomic E-state index is 0. The van der Waals surface area contributed by atoms with Gasteiger partial charge in [-0.25, -0.2) is 5.01 Å². The number of rotatable bonds is 33. The van der Waals surface area contributed by atoms with E-state index in [1.165, 1.54) is 77.0 Å². The Balaban J connectivity index is 0. The highest BCUT2D eigenvalue weighted by atomic mass is 16.5. The van der Waals surface area contributed by atoms with Crippen molar-refractivity contribution in [2.75, 3.05) is 60.2 Å². The van der Waals surface area contributed by atoms with Gasteiger partial charge in [-0.3, -0.25) is 10.2 Å². The molecule has 0 bridgehead atoms. The summed E-state index contributed by atoms with van der Waals surface area (Å²) in [5.41, 5.74) is 3.20. The van der Waals surface area contributed by atoms with E-state index in [9.17, 15) is 4.79 Å². The first-order valence-corrected chi connectivity index (χ1v) is 17.7.